The lowest BCUT2D eigenvalue weighted by Gasteiger charge is -2.11. The van der Waals surface area contributed by atoms with Gasteiger partial charge in [0.1, 0.15) is 11.6 Å². The van der Waals surface area contributed by atoms with Crippen molar-refractivity contribution in [2.75, 3.05) is 10.6 Å². The van der Waals surface area contributed by atoms with Gasteiger partial charge in [0.05, 0.1) is 29.8 Å². The average molecular weight is 383 g/mol. The molecule has 6 nitrogen and oxygen atoms in total. The lowest BCUT2D eigenvalue weighted by Crippen LogP contribution is -2.02. The molecule has 0 aliphatic carbocycles. The van der Waals surface area contributed by atoms with Gasteiger partial charge in [-0.3, -0.25) is 0 Å². The van der Waals surface area contributed by atoms with Crippen molar-refractivity contribution in [1.29, 1.82) is 0 Å². The van der Waals surface area contributed by atoms with E-state index in [0.29, 0.717) is 6.54 Å². The lowest BCUT2D eigenvalue weighted by atomic mass is 10.1. The minimum absolute atomic E-state index is 0.661. The number of para-hydroxylation sites is 1. The van der Waals surface area contributed by atoms with Crippen LogP contribution in [-0.4, -0.2) is 15.0 Å². The largest absolute Gasteiger partial charge is 0.459 e. The number of fused-ring (bicyclic) bond motifs is 2. The fourth-order valence-electron chi connectivity index (χ4n) is 3.55. The number of aryl methyl sites for hydroxylation is 2. The number of hydrogen-bond acceptors (Lipinski definition) is 5. The van der Waals surface area contributed by atoms with E-state index in [0.717, 1.165) is 56.2 Å². The van der Waals surface area contributed by atoms with Crippen LogP contribution in [0.15, 0.2) is 65.3 Å². The van der Waals surface area contributed by atoms with E-state index in [1.54, 1.807) is 6.33 Å². The summed E-state index contributed by atoms with van der Waals surface area (Å²) in [6.07, 6.45) is 1.72. The molecule has 0 spiro atoms. The first-order valence-corrected chi connectivity index (χ1v) is 9.56. The van der Waals surface area contributed by atoms with Gasteiger partial charge in [-0.15, -0.1) is 0 Å². The van der Waals surface area contributed by atoms with Crippen LogP contribution in [0.5, 0.6) is 0 Å². The van der Waals surface area contributed by atoms with Crippen LogP contribution in [0.3, 0.4) is 0 Å². The third kappa shape index (κ3) is 3.29. The molecule has 0 bridgehead atoms. The second-order valence-corrected chi connectivity index (χ2v) is 7.10. The van der Waals surface area contributed by atoms with Crippen LogP contribution < -0.4 is 10.6 Å². The fourth-order valence-corrected chi connectivity index (χ4v) is 3.55. The number of H-pyrrole nitrogens is 1. The number of benzene rings is 2. The van der Waals surface area contributed by atoms with Gasteiger partial charge in [0.25, 0.3) is 0 Å². The number of anilines is 3. The fraction of sp³-hybridized carbons (Fsp3) is 0.130. The number of furan rings is 1. The van der Waals surface area contributed by atoms with Gasteiger partial charge < -0.3 is 20.0 Å². The van der Waals surface area contributed by atoms with E-state index in [9.17, 15) is 0 Å². The van der Waals surface area contributed by atoms with Gasteiger partial charge in [0, 0.05) is 22.2 Å². The Morgan fingerprint density at radius 2 is 1.86 bits per heavy atom. The van der Waals surface area contributed by atoms with E-state index in [1.165, 1.54) is 0 Å². The zero-order chi connectivity index (χ0) is 19.8. The quantitative estimate of drug-likeness (QED) is 0.364. The number of imidazole rings is 1. The zero-order valence-electron chi connectivity index (χ0n) is 16.3. The van der Waals surface area contributed by atoms with Crippen molar-refractivity contribution in [2.24, 2.45) is 0 Å². The number of aromatic amines is 1. The second-order valence-electron chi connectivity index (χ2n) is 7.10. The number of hydrogen-bond donors (Lipinski definition) is 3. The molecule has 3 aromatic heterocycles. The van der Waals surface area contributed by atoms with Crippen LogP contribution >= 0.6 is 0 Å². The number of nitrogens with zero attached hydrogens (tertiary/aromatic N) is 2. The van der Waals surface area contributed by atoms with E-state index in [1.807, 2.05) is 56.3 Å². The first-order chi connectivity index (χ1) is 14.2. The van der Waals surface area contributed by atoms with Crippen LogP contribution in [0.1, 0.15) is 17.1 Å². The Bertz CT molecular complexity index is 1320. The summed E-state index contributed by atoms with van der Waals surface area (Å²) in [6.45, 7) is 4.64. The summed E-state index contributed by atoms with van der Waals surface area (Å²) >= 11 is 0. The van der Waals surface area contributed by atoms with Crippen molar-refractivity contribution in [3.8, 4) is 0 Å². The first-order valence-electron chi connectivity index (χ1n) is 9.56. The second kappa shape index (κ2) is 6.98. The monoisotopic (exact) mass is 383 g/mol. The Hall–Kier alpha value is -3.80. The molecule has 0 unspecified atom stereocenters. The molecule has 0 fully saturated rings. The van der Waals surface area contributed by atoms with E-state index in [-0.39, 0.29) is 0 Å². The van der Waals surface area contributed by atoms with Gasteiger partial charge in [0.15, 0.2) is 5.58 Å². The molecule has 0 aliphatic rings. The molecule has 3 heterocycles. The van der Waals surface area contributed by atoms with Gasteiger partial charge in [-0.1, -0.05) is 18.2 Å². The Labute approximate surface area is 168 Å². The van der Waals surface area contributed by atoms with Crippen molar-refractivity contribution in [1.82, 2.24) is 15.0 Å². The Kier molecular flexibility index (Phi) is 4.17. The smallest absolute Gasteiger partial charge is 0.157 e. The zero-order valence-corrected chi connectivity index (χ0v) is 16.3. The molecule has 0 saturated heterocycles. The van der Waals surface area contributed by atoms with Crippen molar-refractivity contribution in [3.63, 3.8) is 0 Å². The predicted molar refractivity (Wildman–Crippen MR) is 117 cm³/mol. The Morgan fingerprint density at radius 1 is 1.00 bits per heavy atom. The number of pyridine rings is 1. The minimum atomic E-state index is 0.661. The highest BCUT2D eigenvalue weighted by Crippen LogP contribution is 2.30. The molecule has 6 heteroatoms. The maximum absolute atomic E-state index is 5.85. The minimum Gasteiger partial charge on any atom is -0.459 e. The summed E-state index contributed by atoms with van der Waals surface area (Å²) in [5.41, 5.74) is 5.79. The highest BCUT2D eigenvalue weighted by atomic mass is 16.3. The summed E-state index contributed by atoms with van der Waals surface area (Å²) in [7, 11) is 0. The molecule has 144 valence electrons. The molecule has 3 N–H and O–H groups in total. The molecule has 29 heavy (non-hydrogen) atoms. The number of nitrogens with one attached hydrogen (secondary N) is 3. The molecule has 0 amide bonds. The number of rotatable bonds is 5. The summed E-state index contributed by atoms with van der Waals surface area (Å²) in [4.78, 5) is 12.2. The molecular weight excluding hydrogens is 362 g/mol. The molecule has 0 radical (unpaired) electrons. The SMILES string of the molecule is Cc1cc2cccc(Nc3ccc4c(NCc5nc[nH]c5C)cccc4n3)c2o1. The molecule has 0 saturated carbocycles. The number of aromatic nitrogens is 3. The maximum Gasteiger partial charge on any atom is 0.157 e. The Balaban J connectivity index is 1.44. The van der Waals surface area contributed by atoms with Crippen LogP contribution in [0.4, 0.5) is 17.2 Å². The normalized spacial score (nSPS) is 11.2. The maximum atomic E-state index is 5.85. The third-order valence-electron chi connectivity index (χ3n) is 5.04. The average Bonchev–Trinajstić information content (AvgIpc) is 3.31. The van der Waals surface area contributed by atoms with Gasteiger partial charge in [-0.05, 0) is 50.2 Å². The molecular formula is C23H21N5O. The van der Waals surface area contributed by atoms with Gasteiger partial charge in [0.2, 0.25) is 0 Å². The van der Waals surface area contributed by atoms with Crippen LogP contribution in [-0.2, 0) is 6.54 Å². The van der Waals surface area contributed by atoms with Gasteiger partial charge in [-0.2, -0.15) is 0 Å². The molecule has 0 atom stereocenters. The van der Waals surface area contributed by atoms with Crippen molar-refractivity contribution in [2.45, 2.75) is 20.4 Å². The highest BCUT2D eigenvalue weighted by Gasteiger charge is 2.09. The lowest BCUT2D eigenvalue weighted by molar-refractivity contribution is 0.579. The molecule has 5 aromatic rings. The van der Waals surface area contributed by atoms with Gasteiger partial charge >= 0.3 is 0 Å². The van der Waals surface area contributed by atoms with E-state index < -0.39 is 0 Å². The van der Waals surface area contributed by atoms with Crippen LogP contribution in [0.2, 0.25) is 0 Å². The topological polar surface area (TPSA) is 78.8 Å². The predicted octanol–water partition coefficient (Wildman–Crippen LogP) is 5.68. The first kappa shape index (κ1) is 17.3. The third-order valence-corrected chi connectivity index (χ3v) is 5.04. The summed E-state index contributed by atoms with van der Waals surface area (Å²) in [6, 6.07) is 18.3. The highest BCUT2D eigenvalue weighted by molar-refractivity contribution is 5.94. The Morgan fingerprint density at radius 3 is 2.72 bits per heavy atom. The van der Waals surface area contributed by atoms with Crippen LogP contribution in [0.25, 0.3) is 21.9 Å². The van der Waals surface area contributed by atoms with Crippen LogP contribution in [0, 0.1) is 13.8 Å². The molecule has 2 aromatic carbocycles. The van der Waals surface area contributed by atoms with Crippen molar-refractivity contribution >= 4 is 39.1 Å². The standard InChI is InChI=1S/C23H21N5O/c1-14-11-16-5-3-8-20(23(16)29-14)28-22-10-9-17-18(6-4-7-19(17)27-22)24-12-21-15(2)25-13-26-21/h3-11,13,24H,12H2,1-2H3,(H,25,26)(H,27,28). The van der Waals surface area contributed by atoms with E-state index in [4.69, 9.17) is 9.40 Å². The van der Waals surface area contributed by atoms with Crippen molar-refractivity contribution < 1.29 is 4.42 Å². The molecule has 5 rings (SSSR count). The van der Waals surface area contributed by atoms with Crippen molar-refractivity contribution in [3.05, 3.63) is 78.1 Å². The van der Waals surface area contributed by atoms with E-state index >= 15 is 0 Å². The summed E-state index contributed by atoms with van der Waals surface area (Å²) in [5, 5.41) is 9.01. The molecule has 0 aliphatic heterocycles. The summed E-state index contributed by atoms with van der Waals surface area (Å²) < 4.78 is 5.85. The summed E-state index contributed by atoms with van der Waals surface area (Å²) in [5.74, 6) is 1.67. The van der Waals surface area contributed by atoms with Gasteiger partial charge in [-0.25, -0.2) is 9.97 Å². The van der Waals surface area contributed by atoms with E-state index in [2.05, 4.69) is 32.7 Å².